The van der Waals surface area contributed by atoms with Crippen molar-refractivity contribution < 1.29 is 9.90 Å². The molecule has 0 fully saturated rings. The molecule has 0 bridgehead atoms. The topological polar surface area (TPSA) is 37.3 Å². The molecule has 1 rings (SSSR count). The minimum absolute atomic E-state index is 0.0433. The molecule has 16 heavy (non-hydrogen) atoms. The molecular weight excluding hydrogens is 200 g/mol. The molecular formula is C14H18O2. The van der Waals surface area contributed by atoms with Gasteiger partial charge in [0, 0.05) is 12.0 Å². The Morgan fingerprint density at radius 1 is 1.38 bits per heavy atom. The van der Waals surface area contributed by atoms with Gasteiger partial charge in [0.2, 0.25) is 0 Å². The van der Waals surface area contributed by atoms with Crippen LogP contribution in [0.3, 0.4) is 0 Å². The Kier molecular flexibility index (Phi) is 4.93. The van der Waals surface area contributed by atoms with Crippen molar-refractivity contribution in [1.29, 1.82) is 0 Å². The van der Waals surface area contributed by atoms with Gasteiger partial charge >= 0.3 is 0 Å². The standard InChI is InChI=1S/C14H18O2/c1-3-4-10-13(15)11(2)14(16)12-8-6-5-7-9-12/h5-9,14,16H,2-4,10H2,1H3. The number of Topliss-reactive ketones (excluding diaryl/α,β-unsaturated/α-hetero) is 1. The fourth-order valence-electron chi connectivity index (χ4n) is 1.49. The van der Waals surface area contributed by atoms with Crippen LogP contribution in [0.4, 0.5) is 0 Å². The Morgan fingerprint density at radius 3 is 2.56 bits per heavy atom. The Bertz CT molecular complexity index is 354. The van der Waals surface area contributed by atoms with Gasteiger partial charge in [0.05, 0.1) is 0 Å². The van der Waals surface area contributed by atoms with Crippen LogP contribution >= 0.6 is 0 Å². The van der Waals surface area contributed by atoms with Crippen molar-refractivity contribution in [2.75, 3.05) is 0 Å². The summed E-state index contributed by atoms with van der Waals surface area (Å²) >= 11 is 0. The van der Waals surface area contributed by atoms with Crippen molar-refractivity contribution in [2.24, 2.45) is 0 Å². The molecule has 1 unspecified atom stereocenters. The summed E-state index contributed by atoms with van der Waals surface area (Å²) in [5.74, 6) is -0.0433. The third kappa shape index (κ3) is 3.31. The van der Waals surface area contributed by atoms with Gasteiger partial charge < -0.3 is 5.11 Å². The quantitative estimate of drug-likeness (QED) is 0.745. The summed E-state index contributed by atoms with van der Waals surface area (Å²) in [5, 5.41) is 9.94. The summed E-state index contributed by atoms with van der Waals surface area (Å²) in [7, 11) is 0. The predicted octanol–water partition coefficient (Wildman–Crippen LogP) is 3.04. The molecule has 0 aliphatic carbocycles. The van der Waals surface area contributed by atoms with Gasteiger partial charge in [-0.2, -0.15) is 0 Å². The number of hydrogen-bond donors (Lipinski definition) is 1. The Balaban J connectivity index is 2.64. The highest BCUT2D eigenvalue weighted by Gasteiger charge is 2.17. The van der Waals surface area contributed by atoms with E-state index in [2.05, 4.69) is 6.58 Å². The third-order valence-corrected chi connectivity index (χ3v) is 2.56. The molecule has 86 valence electrons. The first-order chi connectivity index (χ1) is 7.66. The molecule has 2 heteroatoms. The van der Waals surface area contributed by atoms with E-state index < -0.39 is 6.10 Å². The Hall–Kier alpha value is -1.41. The molecule has 0 spiro atoms. The summed E-state index contributed by atoms with van der Waals surface area (Å²) < 4.78 is 0. The van der Waals surface area contributed by atoms with Gasteiger partial charge in [-0.25, -0.2) is 0 Å². The number of aliphatic hydroxyl groups excluding tert-OH is 1. The van der Waals surface area contributed by atoms with E-state index in [0.29, 0.717) is 12.0 Å². The SMILES string of the molecule is C=C(C(=O)CCCC)C(O)c1ccccc1. The van der Waals surface area contributed by atoms with Crippen molar-refractivity contribution in [3.05, 3.63) is 48.0 Å². The maximum Gasteiger partial charge on any atom is 0.161 e. The van der Waals surface area contributed by atoms with Gasteiger partial charge in [0.1, 0.15) is 6.10 Å². The van der Waals surface area contributed by atoms with E-state index >= 15 is 0 Å². The lowest BCUT2D eigenvalue weighted by molar-refractivity contribution is -0.116. The van der Waals surface area contributed by atoms with E-state index in [1.165, 1.54) is 0 Å². The molecule has 1 N–H and O–H groups in total. The van der Waals surface area contributed by atoms with Gasteiger partial charge in [-0.3, -0.25) is 4.79 Å². The van der Waals surface area contributed by atoms with Crippen molar-refractivity contribution in [3.8, 4) is 0 Å². The highest BCUT2D eigenvalue weighted by atomic mass is 16.3. The monoisotopic (exact) mass is 218 g/mol. The third-order valence-electron chi connectivity index (χ3n) is 2.56. The molecule has 0 amide bonds. The highest BCUT2D eigenvalue weighted by Crippen LogP contribution is 2.21. The molecule has 1 atom stereocenters. The molecule has 0 saturated carbocycles. The van der Waals surface area contributed by atoms with Gasteiger partial charge in [-0.1, -0.05) is 50.3 Å². The van der Waals surface area contributed by atoms with Crippen LogP contribution in [0.15, 0.2) is 42.5 Å². The van der Waals surface area contributed by atoms with Crippen molar-refractivity contribution in [3.63, 3.8) is 0 Å². The number of carbonyl (C=O) groups is 1. The van der Waals surface area contributed by atoms with Crippen LogP contribution in [-0.2, 0) is 4.79 Å². The van der Waals surface area contributed by atoms with Crippen LogP contribution < -0.4 is 0 Å². The summed E-state index contributed by atoms with van der Waals surface area (Å²) in [4.78, 5) is 11.7. The van der Waals surface area contributed by atoms with Crippen LogP contribution in [-0.4, -0.2) is 10.9 Å². The fourth-order valence-corrected chi connectivity index (χ4v) is 1.49. The zero-order chi connectivity index (χ0) is 12.0. The van der Waals surface area contributed by atoms with Gasteiger partial charge in [0.15, 0.2) is 5.78 Å². The summed E-state index contributed by atoms with van der Waals surface area (Å²) in [5.41, 5.74) is 1.01. The lowest BCUT2D eigenvalue weighted by atomic mass is 9.97. The first kappa shape index (κ1) is 12.7. The van der Waals surface area contributed by atoms with Crippen molar-refractivity contribution >= 4 is 5.78 Å². The molecule has 0 aromatic heterocycles. The number of benzene rings is 1. The number of aliphatic hydroxyl groups is 1. The maximum absolute atomic E-state index is 11.7. The smallest absolute Gasteiger partial charge is 0.161 e. The summed E-state index contributed by atoms with van der Waals surface area (Å²) in [6, 6.07) is 9.13. The van der Waals surface area contributed by atoms with Gasteiger partial charge in [-0.15, -0.1) is 0 Å². The molecule has 0 radical (unpaired) electrons. The maximum atomic E-state index is 11.7. The Labute approximate surface area is 96.6 Å². The molecule has 0 aliphatic heterocycles. The zero-order valence-electron chi connectivity index (χ0n) is 9.65. The van der Waals surface area contributed by atoms with Gasteiger partial charge in [0.25, 0.3) is 0 Å². The number of ketones is 1. The van der Waals surface area contributed by atoms with Crippen LogP contribution in [0, 0.1) is 0 Å². The van der Waals surface area contributed by atoms with Gasteiger partial charge in [-0.05, 0) is 12.0 Å². The second-order valence-electron chi connectivity index (χ2n) is 3.87. The van der Waals surface area contributed by atoms with Crippen LogP contribution in [0.5, 0.6) is 0 Å². The largest absolute Gasteiger partial charge is 0.384 e. The van der Waals surface area contributed by atoms with E-state index in [-0.39, 0.29) is 5.78 Å². The molecule has 0 saturated heterocycles. The normalized spacial score (nSPS) is 12.1. The average molecular weight is 218 g/mol. The second kappa shape index (κ2) is 6.23. The molecule has 0 aliphatic rings. The van der Waals surface area contributed by atoms with E-state index in [9.17, 15) is 9.90 Å². The van der Waals surface area contributed by atoms with E-state index in [1.807, 2.05) is 25.1 Å². The van der Waals surface area contributed by atoms with E-state index in [4.69, 9.17) is 0 Å². The highest BCUT2D eigenvalue weighted by molar-refractivity contribution is 5.95. The molecule has 1 aromatic rings. The number of rotatable bonds is 6. The van der Waals surface area contributed by atoms with E-state index in [1.54, 1.807) is 12.1 Å². The minimum Gasteiger partial charge on any atom is -0.384 e. The second-order valence-corrected chi connectivity index (χ2v) is 3.87. The zero-order valence-corrected chi connectivity index (χ0v) is 9.65. The molecule has 0 heterocycles. The fraction of sp³-hybridized carbons (Fsp3) is 0.357. The molecule has 2 nitrogen and oxygen atoms in total. The van der Waals surface area contributed by atoms with Crippen molar-refractivity contribution in [1.82, 2.24) is 0 Å². The number of unbranched alkanes of at least 4 members (excludes halogenated alkanes) is 1. The van der Waals surface area contributed by atoms with Crippen LogP contribution in [0.2, 0.25) is 0 Å². The van der Waals surface area contributed by atoms with Crippen LogP contribution in [0.25, 0.3) is 0 Å². The lowest BCUT2D eigenvalue weighted by Crippen LogP contribution is -2.10. The average Bonchev–Trinajstić information content (AvgIpc) is 2.35. The number of carbonyl (C=O) groups excluding carboxylic acids is 1. The van der Waals surface area contributed by atoms with Crippen LogP contribution in [0.1, 0.15) is 37.9 Å². The summed E-state index contributed by atoms with van der Waals surface area (Å²) in [6.45, 7) is 5.72. The first-order valence-corrected chi connectivity index (χ1v) is 5.61. The van der Waals surface area contributed by atoms with Crippen molar-refractivity contribution in [2.45, 2.75) is 32.3 Å². The Morgan fingerprint density at radius 2 is 2.00 bits per heavy atom. The molecule has 1 aromatic carbocycles. The minimum atomic E-state index is -0.870. The lowest BCUT2D eigenvalue weighted by Gasteiger charge is -2.12. The predicted molar refractivity (Wildman–Crippen MR) is 65.1 cm³/mol. The van der Waals surface area contributed by atoms with E-state index in [0.717, 1.165) is 18.4 Å². The summed E-state index contributed by atoms with van der Waals surface area (Å²) in [6.07, 6.45) is 1.42. The first-order valence-electron chi connectivity index (χ1n) is 5.61. The number of hydrogen-bond acceptors (Lipinski definition) is 2.